The third kappa shape index (κ3) is 4.46. The zero-order chi connectivity index (χ0) is 15.2. The normalized spacial score (nSPS) is 19.8. The number of hydrogen-bond donors (Lipinski definition) is 1. The van der Waals surface area contributed by atoms with E-state index in [1.165, 1.54) is 12.8 Å². The molecular formula is C17H25NO3. The van der Waals surface area contributed by atoms with Crippen molar-refractivity contribution in [1.29, 1.82) is 0 Å². The molecule has 1 saturated carbocycles. The van der Waals surface area contributed by atoms with Gasteiger partial charge in [0.05, 0.1) is 0 Å². The van der Waals surface area contributed by atoms with Crippen LogP contribution in [0.2, 0.25) is 0 Å². The Kier molecular flexibility index (Phi) is 5.62. The number of carbonyl (C=O) groups is 1. The highest BCUT2D eigenvalue weighted by Gasteiger charge is 2.34. The van der Waals surface area contributed by atoms with Crippen LogP contribution in [0.25, 0.3) is 0 Å². The number of benzene rings is 1. The van der Waals surface area contributed by atoms with E-state index in [0.717, 1.165) is 18.6 Å². The summed E-state index contributed by atoms with van der Waals surface area (Å²) in [6.45, 7) is 3.61. The van der Waals surface area contributed by atoms with Crippen LogP contribution >= 0.6 is 0 Å². The summed E-state index contributed by atoms with van der Waals surface area (Å²) in [7, 11) is 0. The van der Waals surface area contributed by atoms with Crippen molar-refractivity contribution in [2.45, 2.75) is 57.8 Å². The molecule has 0 unspecified atom stereocenters. The second-order valence-corrected chi connectivity index (χ2v) is 5.87. The summed E-state index contributed by atoms with van der Waals surface area (Å²) in [4.78, 5) is 11.9. The predicted octanol–water partition coefficient (Wildman–Crippen LogP) is 2.90. The highest BCUT2D eigenvalue weighted by molar-refractivity contribution is 5.75. The fourth-order valence-electron chi connectivity index (χ4n) is 2.88. The van der Waals surface area contributed by atoms with Gasteiger partial charge in [-0.05, 0) is 44.7 Å². The van der Waals surface area contributed by atoms with E-state index >= 15 is 0 Å². The summed E-state index contributed by atoms with van der Waals surface area (Å²) in [5.74, 6) is 0.812. The summed E-state index contributed by atoms with van der Waals surface area (Å²) in [6.07, 6.45) is 4.13. The molecule has 21 heavy (non-hydrogen) atoms. The number of carbonyl (C=O) groups excluding carboxylic acids is 1. The molecule has 2 N–H and O–H groups in total. The van der Waals surface area contributed by atoms with Gasteiger partial charge in [0.25, 0.3) is 0 Å². The topological polar surface area (TPSA) is 61.6 Å². The average Bonchev–Trinajstić information content (AvgIpc) is 2.99. The van der Waals surface area contributed by atoms with Gasteiger partial charge in [-0.2, -0.15) is 0 Å². The van der Waals surface area contributed by atoms with Crippen molar-refractivity contribution in [3.05, 3.63) is 30.3 Å². The molecule has 2 rings (SSSR count). The van der Waals surface area contributed by atoms with Gasteiger partial charge in [0.15, 0.2) is 0 Å². The van der Waals surface area contributed by atoms with Crippen LogP contribution in [-0.4, -0.2) is 24.2 Å². The first-order valence-corrected chi connectivity index (χ1v) is 7.75. The number of nitrogens with two attached hydrogens (primary N) is 1. The van der Waals surface area contributed by atoms with Gasteiger partial charge in [-0.3, -0.25) is 4.79 Å². The van der Waals surface area contributed by atoms with Crippen LogP contribution in [0.15, 0.2) is 30.3 Å². The fourth-order valence-corrected chi connectivity index (χ4v) is 2.88. The second-order valence-electron chi connectivity index (χ2n) is 5.87. The van der Waals surface area contributed by atoms with Crippen molar-refractivity contribution in [3.8, 4) is 5.75 Å². The van der Waals surface area contributed by atoms with E-state index in [4.69, 9.17) is 15.2 Å². The Labute approximate surface area is 126 Å². The van der Waals surface area contributed by atoms with Crippen molar-refractivity contribution < 1.29 is 14.3 Å². The molecule has 3 atom stereocenters. The third-order valence-electron chi connectivity index (χ3n) is 4.02. The maximum atomic E-state index is 11.9. The van der Waals surface area contributed by atoms with Crippen LogP contribution in [0.3, 0.4) is 0 Å². The smallest absolute Gasteiger partial charge is 0.323 e. The minimum Gasteiger partial charge on any atom is -0.487 e. The van der Waals surface area contributed by atoms with Crippen LogP contribution in [0.5, 0.6) is 5.75 Å². The minimum atomic E-state index is -0.599. The zero-order valence-electron chi connectivity index (χ0n) is 12.8. The summed E-state index contributed by atoms with van der Waals surface area (Å²) in [5.41, 5.74) is 5.62. The van der Waals surface area contributed by atoms with Gasteiger partial charge in [0.1, 0.15) is 24.0 Å². The lowest BCUT2D eigenvalue weighted by molar-refractivity contribution is -0.158. The van der Waals surface area contributed by atoms with Crippen LogP contribution < -0.4 is 10.5 Å². The van der Waals surface area contributed by atoms with Gasteiger partial charge in [-0.25, -0.2) is 0 Å². The quantitative estimate of drug-likeness (QED) is 0.819. The van der Waals surface area contributed by atoms with E-state index in [1.807, 2.05) is 37.3 Å². The molecule has 0 aromatic heterocycles. The Morgan fingerprint density at radius 1 is 1.19 bits per heavy atom. The van der Waals surface area contributed by atoms with Crippen molar-refractivity contribution in [2.75, 3.05) is 0 Å². The Bertz CT molecular complexity index is 441. The molecule has 0 radical (unpaired) electrons. The molecule has 1 fully saturated rings. The molecule has 1 aliphatic rings. The van der Waals surface area contributed by atoms with Gasteiger partial charge < -0.3 is 15.2 Å². The van der Waals surface area contributed by atoms with Crippen molar-refractivity contribution in [2.24, 2.45) is 11.7 Å². The first kappa shape index (κ1) is 15.8. The first-order valence-electron chi connectivity index (χ1n) is 7.75. The van der Waals surface area contributed by atoms with E-state index in [9.17, 15) is 4.79 Å². The van der Waals surface area contributed by atoms with E-state index in [2.05, 4.69) is 0 Å². The Hall–Kier alpha value is -1.55. The lowest BCUT2D eigenvalue weighted by Crippen LogP contribution is -2.42. The van der Waals surface area contributed by atoms with E-state index in [1.54, 1.807) is 6.92 Å². The highest BCUT2D eigenvalue weighted by Crippen LogP contribution is 2.32. The minimum absolute atomic E-state index is 0.182. The highest BCUT2D eigenvalue weighted by atomic mass is 16.6. The van der Waals surface area contributed by atoms with Gasteiger partial charge in [-0.1, -0.05) is 31.0 Å². The molecule has 0 saturated heterocycles. The molecule has 4 nitrogen and oxygen atoms in total. The SMILES string of the molecule is C[C@H](N)C(=O)O[C@@H](C1CCCC1)[C@H](C)Oc1ccccc1. The molecule has 116 valence electrons. The molecule has 1 aromatic carbocycles. The van der Waals surface area contributed by atoms with Gasteiger partial charge in [-0.15, -0.1) is 0 Å². The lowest BCUT2D eigenvalue weighted by atomic mass is 9.96. The molecular weight excluding hydrogens is 266 g/mol. The zero-order valence-corrected chi connectivity index (χ0v) is 12.8. The van der Waals surface area contributed by atoms with Crippen LogP contribution in [-0.2, 0) is 9.53 Å². The molecule has 4 heteroatoms. The van der Waals surface area contributed by atoms with Crippen molar-refractivity contribution >= 4 is 5.97 Å². The monoisotopic (exact) mass is 291 g/mol. The summed E-state index contributed by atoms with van der Waals surface area (Å²) >= 11 is 0. The van der Waals surface area contributed by atoms with E-state index in [0.29, 0.717) is 5.92 Å². The molecule has 1 aliphatic carbocycles. The predicted molar refractivity (Wildman–Crippen MR) is 82.0 cm³/mol. The number of para-hydroxylation sites is 1. The number of esters is 1. The van der Waals surface area contributed by atoms with Crippen LogP contribution in [0, 0.1) is 5.92 Å². The van der Waals surface area contributed by atoms with E-state index < -0.39 is 6.04 Å². The Morgan fingerprint density at radius 2 is 1.81 bits per heavy atom. The first-order chi connectivity index (χ1) is 10.1. The fraction of sp³-hybridized carbons (Fsp3) is 0.588. The van der Waals surface area contributed by atoms with Gasteiger partial charge in [0, 0.05) is 0 Å². The maximum Gasteiger partial charge on any atom is 0.323 e. The molecule has 0 aliphatic heterocycles. The Morgan fingerprint density at radius 3 is 2.38 bits per heavy atom. The molecule has 1 aromatic rings. The maximum absolute atomic E-state index is 11.9. The van der Waals surface area contributed by atoms with Crippen LogP contribution in [0.4, 0.5) is 0 Å². The van der Waals surface area contributed by atoms with Gasteiger partial charge in [0.2, 0.25) is 0 Å². The van der Waals surface area contributed by atoms with E-state index in [-0.39, 0.29) is 18.2 Å². The largest absolute Gasteiger partial charge is 0.487 e. The van der Waals surface area contributed by atoms with Crippen LogP contribution in [0.1, 0.15) is 39.5 Å². The Balaban J connectivity index is 2.04. The second kappa shape index (κ2) is 7.46. The number of ether oxygens (including phenoxy) is 2. The van der Waals surface area contributed by atoms with Gasteiger partial charge >= 0.3 is 5.97 Å². The molecule has 0 amide bonds. The number of rotatable bonds is 6. The molecule has 0 spiro atoms. The number of hydrogen-bond acceptors (Lipinski definition) is 4. The lowest BCUT2D eigenvalue weighted by Gasteiger charge is -2.30. The summed E-state index contributed by atoms with van der Waals surface area (Å²) in [6, 6.07) is 9.03. The van der Waals surface area contributed by atoms with Crippen molar-refractivity contribution in [3.63, 3.8) is 0 Å². The van der Waals surface area contributed by atoms with Crippen molar-refractivity contribution in [1.82, 2.24) is 0 Å². The average molecular weight is 291 g/mol. The standard InChI is InChI=1S/C17H25NO3/c1-12(18)17(19)21-16(14-8-6-7-9-14)13(2)20-15-10-4-3-5-11-15/h3-5,10-14,16H,6-9,18H2,1-2H3/t12-,13-,16+/m0/s1. The summed E-state index contributed by atoms with van der Waals surface area (Å²) in [5, 5.41) is 0. The molecule has 0 heterocycles. The molecule has 0 bridgehead atoms. The third-order valence-corrected chi connectivity index (χ3v) is 4.02. The summed E-state index contributed by atoms with van der Waals surface area (Å²) < 4.78 is 11.6.